The molecule has 2 atom stereocenters. The van der Waals surface area contributed by atoms with Crippen molar-refractivity contribution < 1.29 is 9.32 Å². The van der Waals surface area contributed by atoms with E-state index in [0.29, 0.717) is 23.4 Å². The first kappa shape index (κ1) is 15.2. The van der Waals surface area contributed by atoms with Crippen LogP contribution in [0.2, 0.25) is 0 Å². The van der Waals surface area contributed by atoms with Crippen molar-refractivity contribution in [1.29, 1.82) is 0 Å². The van der Waals surface area contributed by atoms with Gasteiger partial charge in [-0.1, -0.05) is 11.2 Å². The highest BCUT2D eigenvalue weighted by Gasteiger charge is 2.37. The molecule has 0 aromatic carbocycles. The number of aryl methyl sites for hydroxylation is 1. The number of hydrogen-bond acceptors (Lipinski definition) is 5. The van der Waals surface area contributed by atoms with E-state index < -0.39 is 0 Å². The molecule has 4 heterocycles. The van der Waals surface area contributed by atoms with Gasteiger partial charge in [0, 0.05) is 37.9 Å². The van der Waals surface area contributed by atoms with Gasteiger partial charge in [0.25, 0.3) is 5.91 Å². The summed E-state index contributed by atoms with van der Waals surface area (Å²) in [6.07, 6.45) is 5.04. The predicted molar refractivity (Wildman–Crippen MR) is 89.9 cm³/mol. The Morgan fingerprint density at radius 1 is 1.21 bits per heavy atom. The third-order valence-electron chi connectivity index (χ3n) is 5.23. The number of likely N-dealkylation sites (tertiary alicyclic amines) is 1. The second-order valence-electron chi connectivity index (χ2n) is 6.69. The number of hydrogen-bond donors (Lipinski definition) is 0. The van der Waals surface area contributed by atoms with Crippen molar-refractivity contribution in [3.05, 3.63) is 41.9 Å². The van der Waals surface area contributed by atoms with Crippen LogP contribution in [0, 0.1) is 12.8 Å². The van der Waals surface area contributed by atoms with Crippen LogP contribution in [0.5, 0.6) is 0 Å². The summed E-state index contributed by atoms with van der Waals surface area (Å²) in [7, 11) is 0. The normalized spacial score (nSPS) is 23.9. The number of nitrogens with zero attached hydrogens (tertiary/aromatic N) is 4. The number of aromatic nitrogens is 2. The molecule has 0 unspecified atom stereocenters. The Morgan fingerprint density at radius 2 is 2.04 bits per heavy atom. The molecule has 4 rings (SSSR count). The summed E-state index contributed by atoms with van der Waals surface area (Å²) in [4.78, 5) is 21.5. The van der Waals surface area contributed by atoms with Crippen LogP contribution in [0.1, 0.15) is 35.5 Å². The van der Waals surface area contributed by atoms with Crippen molar-refractivity contribution in [2.45, 2.75) is 32.2 Å². The predicted octanol–water partition coefficient (Wildman–Crippen LogP) is 2.51. The minimum atomic E-state index is -0.0174. The Balaban J connectivity index is 1.48. The van der Waals surface area contributed by atoms with Crippen LogP contribution in [0.15, 0.2) is 35.0 Å². The van der Waals surface area contributed by atoms with Crippen molar-refractivity contribution in [3.8, 4) is 0 Å². The van der Waals surface area contributed by atoms with Gasteiger partial charge in [0.1, 0.15) is 11.6 Å². The number of fused-ring (bicyclic) bond motifs is 1. The van der Waals surface area contributed by atoms with Crippen LogP contribution >= 0.6 is 0 Å². The third-order valence-corrected chi connectivity index (χ3v) is 5.23. The number of pyridine rings is 1. The zero-order valence-corrected chi connectivity index (χ0v) is 13.9. The van der Waals surface area contributed by atoms with E-state index in [4.69, 9.17) is 4.52 Å². The van der Waals surface area contributed by atoms with Crippen LogP contribution in [0.25, 0.3) is 0 Å². The van der Waals surface area contributed by atoms with Gasteiger partial charge in [-0.15, -0.1) is 0 Å². The molecule has 0 N–H and O–H groups in total. The molecule has 0 spiro atoms. The zero-order valence-electron chi connectivity index (χ0n) is 13.9. The third kappa shape index (κ3) is 2.77. The second-order valence-corrected chi connectivity index (χ2v) is 6.69. The first-order valence-electron chi connectivity index (χ1n) is 8.62. The Kier molecular flexibility index (Phi) is 3.96. The molecule has 2 saturated heterocycles. The Bertz CT molecular complexity index is 715. The molecule has 0 saturated carbocycles. The maximum absolute atomic E-state index is 12.6. The molecular formula is C18H22N4O2. The van der Waals surface area contributed by atoms with Gasteiger partial charge in [-0.05, 0) is 44.2 Å². The largest absolute Gasteiger partial charge is 0.361 e. The Hall–Kier alpha value is -2.37. The molecular weight excluding hydrogens is 304 g/mol. The molecule has 6 heteroatoms. The average Bonchev–Trinajstić information content (AvgIpc) is 3.16. The molecule has 0 aliphatic carbocycles. The molecule has 2 aromatic rings. The number of anilines is 1. The summed E-state index contributed by atoms with van der Waals surface area (Å²) in [5.41, 5.74) is 0.418. The maximum Gasteiger partial charge on any atom is 0.276 e. The van der Waals surface area contributed by atoms with Gasteiger partial charge >= 0.3 is 0 Å². The average molecular weight is 326 g/mol. The van der Waals surface area contributed by atoms with E-state index in [9.17, 15) is 4.79 Å². The molecule has 2 aliphatic rings. The fourth-order valence-corrected chi connectivity index (χ4v) is 4.01. The highest BCUT2D eigenvalue weighted by Crippen LogP contribution is 2.34. The lowest BCUT2D eigenvalue weighted by Gasteiger charge is -2.28. The lowest BCUT2D eigenvalue weighted by Crippen LogP contribution is -2.36. The first-order valence-corrected chi connectivity index (χ1v) is 8.62. The lowest BCUT2D eigenvalue weighted by molar-refractivity contribution is 0.0748. The highest BCUT2D eigenvalue weighted by atomic mass is 16.5. The number of amides is 1. The Labute approximate surface area is 141 Å². The van der Waals surface area contributed by atoms with Gasteiger partial charge in [-0.3, -0.25) is 4.79 Å². The van der Waals surface area contributed by atoms with Crippen LogP contribution < -0.4 is 4.90 Å². The summed E-state index contributed by atoms with van der Waals surface area (Å²) >= 11 is 0. The van der Waals surface area contributed by atoms with Gasteiger partial charge in [-0.25, -0.2) is 4.98 Å². The van der Waals surface area contributed by atoms with Crippen molar-refractivity contribution >= 4 is 11.7 Å². The van der Waals surface area contributed by atoms with E-state index in [2.05, 4.69) is 21.1 Å². The molecule has 2 aliphatic heterocycles. The standard InChI is InChI=1S/C18H22N4O2/c1-13-12-15(20-24-13)18(23)21-9-5-14-6-11-22(16(14)7-10-21)17-4-2-3-8-19-17/h2-4,8,12,14,16H,5-7,9-11H2,1H3/t14-,16-/m1/s1. The number of carbonyl (C=O) groups excluding carboxylic acids is 1. The van der Waals surface area contributed by atoms with Crippen LogP contribution in [0.3, 0.4) is 0 Å². The van der Waals surface area contributed by atoms with E-state index in [0.717, 1.165) is 38.3 Å². The lowest BCUT2D eigenvalue weighted by atomic mass is 9.96. The van der Waals surface area contributed by atoms with E-state index in [-0.39, 0.29) is 5.91 Å². The van der Waals surface area contributed by atoms with Gasteiger partial charge < -0.3 is 14.3 Å². The van der Waals surface area contributed by atoms with Crippen molar-refractivity contribution in [2.24, 2.45) is 5.92 Å². The molecule has 2 aromatic heterocycles. The molecule has 2 fully saturated rings. The molecule has 6 nitrogen and oxygen atoms in total. The first-order chi connectivity index (χ1) is 11.7. The van der Waals surface area contributed by atoms with E-state index in [1.807, 2.05) is 23.2 Å². The molecule has 1 amide bonds. The quantitative estimate of drug-likeness (QED) is 0.848. The van der Waals surface area contributed by atoms with Crippen molar-refractivity contribution in [2.75, 3.05) is 24.5 Å². The van der Waals surface area contributed by atoms with Gasteiger partial charge in [-0.2, -0.15) is 0 Å². The summed E-state index contributed by atoms with van der Waals surface area (Å²) in [6.45, 7) is 4.42. The van der Waals surface area contributed by atoms with Gasteiger partial charge in [0.15, 0.2) is 5.69 Å². The molecule has 0 bridgehead atoms. The highest BCUT2D eigenvalue weighted by molar-refractivity contribution is 5.92. The van der Waals surface area contributed by atoms with Crippen LogP contribution in [-0.2, 0) is 0 Å². The monoisotopic (exact) mass is 326 g/mol. The fourth-order valence-electron chi connectivity index (χ4n) is 4.01. The van der Waals surface area contributed by atoms with Crippen molar-refractivity contribution in [1.82, 2.24) is 15.0 Å². The summed E-state index contributed by atoms with van der Waals surface area (Å²) in [5, 5.41) is 3.87. The van der Waals surface area contributed by atoms with Gasteiger partial charge in [0.2, 0.25) is 0 Å². The fraction of sp³-hybridized carbons (Fsp3) is 0.500. The van der Waals surface area contributed by atoms with Crippen LogP contribution in [-0.4, -0.2) is 46.6 Å². The maximum atomic E-state index is 12.6. The molecule has 24 heavy (non-hydrogen) atoms. The summed E-state index contributed by atoms with van der Waals surface area (Å²) in [6, 6.07) is 8.25. The second kappa shape index (κ2) is 6.26. The van der Waals surface area contributed by atoms with Crippen molar-refractivity contribution in [3.63, 3.8) is 0 Å². The van der Waals surface area contributed by atoms with Gasteiger partial charge in [0.05, 0.1) is 0 Å². The van der Waals surface area contributed by atoms with E-state index in [1.54, 1.807) is 13.0 Å². The smallest absolute Gasteiger partial charge is 0.276 e. The zero-order chi connectivity index (χ0) is 16.5. The Morgan fingerprint density at radius 3 is 2.79 bits per heavy atom. The minimum absolute atomic E-state index is 0.0174. The summed E-state index contributed by atoms with van der Waals surface area (Å²) < 4.78 is 5.04. The van der Waals surface area contributed by atoms with E-state index >= 15 is 0 Å². The number of rotatable bonds is 2. The molecule has 0 radical (unpaired) electrons. The van der Waals surface area contributed by atoms with E-state index in [1.165, 1.54) is 6.42 Å². The summed E-state index contributed by atoms with van der Waals surface area (Å²) in [5.74, 6) is 2.34. The van der Waals surface area contributed by atoms with Crippen LogP contribution in [0.4, 0.5) is 5.82 Å². The number of carbonyl (C=O) groups is 1. The topological polar surface area (TPSA) is 62.5 Å². The molecule has 126 valence electrons. The SMILES string of the molecule is Cc1cc(C(=O)N2CC[C@@H]3CCN(c4ccccn4)[C@@H]3CC2)no1. The minimum Gasteiger partial charge on any atom is -0.361 e.